The summed E-state index contributed by atoms with van der Waals surface area (Å²) < 4.78 is 11.0. The van der Waals surface area contributed by atoms with E-state index in [2.05, 4.69) is 27.2 Å². The largest absolute Gasteiger partial charge is 0.385 e. The molecule has 0 radical (unpaired) electrons. The first-order valence-electron chi connectivity index (χ1n) is 10.0. The van der Waals surface area contributed by atoms with Gasteiger partial charge in [-0.2, -0.15) is 0 Å². The van der Waals surface area contributed by atoms with Gasteiger partial charge in [-0.05, 0) is 39.2 Å². The number of piperidine rings is 1. The van der Waals surface area contributed by atoms with Gasteiger partial charge in [-0.1, -0.05) is 12.8 Å². The summed E-state index contributed by atoms with van der Waals surface area (Å²) in [6.45, 7) is 5.68. The number of methoxy groups -OCH3 is 1. The molecule has 1 saturated heterocycles. The third kappa shape index (κ3) is 8.27. The van der Waals surface area contributed by atoms with E-state index in [4.69, 9.17) is 9.47 Å². The molecule has 0 amide bonds. The highest BCUT2D eigenvalue weighted by atomic mass is 127. The summed E-state index contributed by atoms with van der Waals surface area (Å²) in [6, 6.07) is 0.787. The zero-order valence-electron chi connectivity index (χ0n) is 16.9. The van der Waals surface area contributed by atoms with Crippen molar-refractivity contribution in [2.45, 2.75) is 57.1 Å². The molecule has 0 unspecified atom stereocenters. The van der Waals surface area contributed by atoms with Crippen molar-refractivity contribution >= 4 is 29.9 Å². The minimum Gasteiger partial charge on any atom is -0.385 e. The van der Waals surface area contributed by atoms with Crippen molar-refractivity contribution in [2.75, 3.05) is 60.6 Å². The average Bonchev–Trinajstić information content (AvgIpc) is 3.18. The molecular formula is C19H39IN4O2. The maximum Gasteiger partial charge on any atom is 0.193 e. The van der Waals surface area contributed by atoms with Gasteiger partial charge in [0.1, 0.15) is 0 Å². The lowest BCUT2D eigenvalue weighted by Crippen LogP contribution is -2.48. The molecule has 6 nitrogen and oxygen atoms in total. The van der Waals surface area contributed by atoms with E-state index >= 15 is 0 Å². The molecule has 1 aliphatic carbocycles. The third-order valence-electron chi connectivity index (χ3n) is 5.50. The van der Waals surface area contributed by atoms with Crippen LogP contribution in [0.3, 0.4) is 0 Å². The summed E-state index contributed by atoms with van der Waals surface area (Å²) in [5.41, 5.74) is 0. The number of ether oxygens (including phenoxy) is 2. The van der Waals surface area contributed by atoms with E-state index in [0.29, 0.717) is 6.10 Å². The highest BCUT2D eigenvalue weighted by molar-refractivity contribution is 14.0. The number of hydrogen-bond acceptors (Lipinski definition) is 4. The van der Waals surface area contributed by atoms with Crippen LogP contribution in [0.5, 0.6) is 0 Å². The Hall–Kier alpha value is -0.120. The molecule has 154 valence electrons. The van der Waals surface area contributed by atoms with Crippen LogP contribution in [0, 0.1) is 0 Å². The summed E-state index contributed by atoms with van der Waals surface area (Å²) in [6.07, 6.45) is 9.05. The third-order valence-corrected chi connectivity index (χ3v) is 5.50. The van der Waals surface area contributed by atoms with E-state index in [1.165, 1.54) is 25.7 Å². The average molecular weight is 482 g/mol. The second kappa shape index (κ2) is 14.0. The van der Waals surface area contributed by atoms with Crippen molar-refractivity contribution in [3.8, 4) is 0 Å². The van der Waals surface area contributed by atoms with E-state index in [1.807, 2.05) is 7.05 Å². The Labute approximate surface area is 177 Å². The number of rotatable bonds is 9. The van der Waals surface area contributed by atoms with Crippen molar-refractivity contribution in [1.82, 2.24) is 15.1 Å². The van der Waals surface area contributed by atoms with E-state index < -0.39 is 0 Å². The first-order valence-corrected chi connectivity index (χ1v) is 10.0. The number of halogens is 1. The van der Waals surface area contributed by atoms with Gasteiger partial charge in [-0.25, -0.2) is 0 Å². The number of hydrogen-bond donors (Lipinski definition) is 1. The molecule has 1 heterocycles. The smallest absolute Gasteiger partial charge is 0.193 e. The number of likely N-dealkylation sites (N-methyl/N-ethyl adjacent to an activating group) is 1. The van der Waals surface area contributed by atoms with E-state index in [9.17, 15) is 0 Å². The zero-order chi connectivity index (χ0) is 17.9. The van der Waals surface area contributed by atoms with Gasteiger partial charge >= 0.3 is 0 Å². The summed E-state index contributed by atoms with van der Waals surface area (Å²) in [5.74, 6) is 1.04. The van der Waals surface area contributed by atoms with Gasteiger partial charge in [-0.15, -0.1) is 24.0 Å². The van der Waals surface area contributed by atoms with Gasteiger partial charge in [0.05, 0.1) is 6.10 Å². The number of nitrogens with one attached hydrogen (secondary N) is 1. The fourth-order valence-corrected chi connectivity index (χ4v) is 3.89. The number of guanidine groups is 1. The van der Waals surface area contributed by atoms with Crippen LogP contribution in [0.15, 0.2) is 4.99 Å². The lowest BCUT2D eigenvalue weighted by molar-refractivity contribution is 0.00989. The topological polar surface area (TPSA) is 49.3 Å². The van der Waals surface area contributed by atoms with Crippen molar-refractivity contribution in [3.63, 3.8) is 0 Å². The Morgan fingerprint density at radius 2 is 1.85 bits per heavy atom. The minimum atomic E-state index is 0. The Morgan fingerprint density at radius 1 is 1.15 bits per heavy atom. The lowest BCUT2D eigenvalue weighted by Gasteiger charge is -2.34. The van der Waals surface area contributed by atoms with E-state index in [1.54, 1.807) is 7.11 Å². The highest BCUT2D eigenvalue weighted by Crippen LogP contribution is 2.21. The molecule has 2 aliphatic rings. The molecule has 0 bridgehead atoms. The Kier molecular flexibility index (Phi) is 12.8. The van der Waals surface area contributed by atoms with Crippen LogP contribution in [-0.4, -0.2) is 88.5 Å². The van der Waals surface area contributed by atoms with Gasteiger partial charge in [0.15, 0.2) is 5.96 Å². The van der Waals surface area contributed by atoms with Crippen LogP contribution in [0.4, 0.5) is 0 Å². The predicted octanol–water partition coefficient (Wildman–Crippen LogP) is 2.57. The Bertz CT molecular complexity index is 384. The maximum atomic E-state index is 5.94. The second-order valence-electron chi connectivity index (χ2n) is 7.30. The monoisotopic (exact) mass is 482 g/mol. The quantitative estimate of drug-likeness (QED) is 0.237. The molecule has 0 atom stereocenters. The molecule has 7 heteroatoms. The molecule has 0 aromatic carbocycles. The van der Waals surface area contributed by atoms with Crippen LogP contribution >= 0.6 is 24.0 Å². The van der Waals surface area contributed by atoms with Crippen LogP contribution in [0.1, 0.15) is 44.9 Å². The fraction of sp³-hybridized carbons (Fsp3) is 0.947. The maximum absolute atomic E-state index is 5.94. The van der Waals surface area contributed by atoms with Gasteiger partial charge in [-0.3, -0.25) is 4.99 Å². The molecule has 2 rings (SSSR count). The first kappa shape index (κ1) is 23.9. The van der Waals surface area contributed by atoms with E-state index in [0.717, 1.165) is 70.7 Å². The normalized spacial score (nSPS) is 19.8. The van der Waals surface area contributed by atoms with Gasteiger partial charge < -0.3 is 24.6 Å². The second-order valence-corrected chi connectivity index (χ2v) is 7.30. The van der Waals surface area contributed by atoms with Crippen molar-refractivity contribution in [1.29, 1.82) is 0 Å². The highest BCUT2D eigenvalue weighted by Gasteiger charge is 2.22. The van der Waals surface area contributed by atoms with Gasteiger partial charge in [0, 0.05) is 59.6 Å². The van der Waals surface area contributed by atoms with Crippen LogP contribution < -0.4 is 5.32 Å². The number of aliphatic imine (C=N–C) groups is 1. The van der Waals surface area contributed by atoms with Crippen LogP contribution in [0.25, 0.3) is 0 Å². The molecule has 1 N–H and O–H groups in total. The minimum absolute atomic E-state index is 0. The van der Waals surface area contributed by atoms with Gasteiger partial charge in [0.2, 0.25) is 0 Å². The van der Waals surface area contributed by atoms with E-state index in [-0.39, 0.29) is 24.0 Å². The molecule has 26 heavy (non-hydrogen) atoms. The number of likely N-dealkylation sites (tertiary alicyclic amines) is 1. The molecule has 1 saturated carbocycles. The molecular weight excluding hydrogens is 443 g/mol. The summed E-state index contributed by atoms with van der Waals surface area (Å²) in [7, 11) is 5.88. The Balaban J connectivity index is 0.00000338. The molecule has 0 aromatic heterocycles. The van der Waals surface area contributed by atoms with Crippen molar-refractivity contribution in [3.05, 3.63) is 0 Å². The standard InChI is InChI=1S/C19H38N4O2.HI/c1-20-19(21-11-14-22(2)17-7-4-5-8-17)23-12-9-18(10-13-23)25-16-6-15-24-3;/h17-18H,4-16H2,1-3H3,(H,20,21);1H. The SMILES string of the molecule is CN=C(NCCN(C)C1CCCC1)N1CCC(OCCCOC)CC1.I. The molecule has 1 aliphatic heterocycles. The molecule has 2 fully saturated rings. The molecule has 0 spiro atoms. The van der Waals surface area contributed by atoms with Crippen molar-refractivity contribution < 1.29 is 9.47 Å². The van der Waals surface area contributed by atoms with Crippen LogP contribution in [0.2, 0.25) is 0 Å². The predicted molar refractivity (Wildman–Crippen MR) is 119 cm³/mol. The van der Waals surface area contributed by atoms with Crippen molar-refractivity contribution in [2.24, 2.45) is 4.99 Å². The van der Waals surface area contributed by atoms with Gasteiger partial charge in [0.25, 0.3) is 0 Å². The summed E-state index contributed by atoms with van der Waals surface area (Å²) >= 11 is 0. The fourth-order valence-electron chi connectivity index (χ4n) is 3.89. The first-order chi connectivity index (χ1) is 12.2. The lowest BCUT2D eigenvalue weighted by atomic mass is 10.1. The summed E-state index contributed by atoms with van der Waals surface area (Å²) in [5, 5.41) is 3.55. The summed E-state index contributed by atoms with van der Waals surface area (Å²) in [4.78, 5) is 9.35. The Morgan fingerprint density at radius 3 is 2.46 bits per heavy atom. The van der Waals surface area contributed by atoms with Crippen LogP contribution in [-0.2, 0) is 9.47 Å². The number of nitrogens with zero attached hydrogens (tertiary/aromatic N) is 3. The zero-order valence-corrected chi connectivity index (χ0v) is 19.2. The molecule has 0 aromatic rings.